The molecule has 0 atom stereocenters. The highest BCUT2D eigenvalue weighted by atomic mass is 32.2. The van der Waals surface area contributed by atoms with E-state index in [1.54, 1.807) is 11.8 Å². The molecule has 0 spiro atoms. The Labute approximate surface area is 102 Å². The maximum atomic E-state index is 5.51. The van der Waals surface area contributed by atoms with E-state index >= 15 is 0 Å². The molecule has 0 aromatic heterocycles. The van der Waals surface area contributed by atoms with Gasteiger partial charge in [-0.25, -0.2) is 5.84 Å². The molecule has 0 aromatic carbocycles. The van der Waals surface area contributed by atoms with Crippen LogP contribution in [0.4, 0.5) is 0 Å². The van der Waals surface area contributed by atoms with Gasteiger partial charge in [0.25, 0.3) is 0 Å². The van der Waals surface area contributed by atoms with Gasteiger partial charge in [0.2, 0.25) is 0 Å². The molecule has 4 bridgehead atoms. The molecule has 0 saturated heterocycles. The first-order chi connectivity index (χ1) is 7.73. The van der Waals surface area contributed by atoms with Gasteiger partial charge in [-0.1, -0.05) is 11.8 Å². The Hall–Kier alpha value is -0.220. The van der Waals surface area contributed by atoms with Gasteiger partial charge in [-0.15, -0.1) is 0 Å². The minimum Gasteiger partial charge on any atom is -0.303 e. The number of nitrogens with zero attached hydrogens (tertiary/aromatic N) is 1. The second-order valence-corrected chi connectivity index (χ2v) is 6.70. The fourth-order valence-electron chi connectivity index (χ4n) is 4.55. The summed E-state index contributed by atoms with van der Waals surface area (Å²) in [5.74, 6) is 8.37. The standard InChI is InChI=1S/C12H21N3S/c1-16-11(15-13)14-12-5-8-2-9(6-12)4-10(3-8)7-12/h8-10H,2-7,13H2,1H3,(H,14,15). The van der Waals surface area contributed by atoms with Gasteiger partial charge in [0.15, 0.2) is 5.17 Å². The molecule has 0 heterocycles. The molecule has 3 N–H and O–H groups in total. The van der Waals surface area contributed by atoms with Crippen LogP contribution in [0.2, 0.25) is 0 Å². The van der Waals surface area contributed by atoms with Crippen LogP contribution in [-0.2, 0) is 0 Å². The highest BCUT2D eigenvalue weighted by Crippen LogP contribution is 2.57. The first kappa shape index (κ1) is 10.9. The van der Waals surface area contributed by atoms with E-state index in [0.29, 0.717) is 0 Å². The van der Waals surface area contributed by atoms with Gasteiger partial charge < -0.3 is 5.43 Å². The summed E-state index contributed by atoms with van der Waals surface area (Å²) in [4.78, 5) is 4.95. The first-order valence-electron chi connectivity index (χ1n) is 6.33. The SMILES string of the molecule is CSC(=NC12CC3CC(CC(C3)C1)C2)NN. The van der Waals surface area contributed by atoms with Crippen LogP contribution < -0.4 is 11.3 Å². The summed E-state index contributed by atoms with van der Waals surface area (Å²) in [6.07, 6.45) is 10.4. The van der Waals surface area contributed by atoms with Gasteiger partial charge in [0, 0.05) is 0 Å². The molecule has 0 radical (unpaired) electrons. The monoisotopic (exact) mass is 239 g/mol. The number of hydrazine groups is 1. The molecule has 4 heteroatoms. The van der Waals surface area contributed by atoms with Crippen molar-refractivity contribution in [2.24, 2.45) is 28.6 Å². The smallest absolute Gasteiger partial charge is 0.171 e. The molecule has 0 unspecified atom stereocenters. The van der Waals surface area contributed by atoms with E-state index in [-0.39, 0.29) is 5.54 Å². The Balaban J connectivity index is 1.85. The topological polar surface area (TPSA) is 50.4 Å². The third-order valence-electron chi connectivity index (χ3n) is 4.66. The van der Waals surface area contributed by atoms with E-state index in [4.69, 9.17) is 10.8 Å². The number of aliphatic imine (C=N–C) groups is 1. The van der Waals surface area contributed by atoms with Crippen molar-refractivity contribution in [3.05, 3.63) is 0 Å². The van der Waals surface area contributed by atoms with Crippen molar-refractivity contribution in [1.82, 2.24) is 5.43 Å². The molecule has 4 aliphatic rings. The Bertz CT molecular complexity index is 272. The van der Waals surface area contributed by atoms with E-state index in [9.17, 15) is 0 Å². The van der Waals surface area contributed by atoms with Crippen molar-refractivity contribution in [3.63, 3.8) is 0 Å². The average Bonchev–Trinajstić information content (AvgIpc) is 2.24. The number of rotatable bonds is 1. The lowest BCUT2D eigenvalue weighted by Crippen LogP contribution is -2.50. The number of hydrogen-bond acceptors (Lipinski definition) is 3. The lowest BCUT2D eigenvalue weighted by Gasteiger charge is -2.55. The molecule has 4 aliphatic carbocycles. The van der Waals surface area contributed by atoms with Gasteiger partial charge in [-0.05, 0) is 62.5 Å². The maximum absolute atomic E-state index is 5.51. The fraction of sp³-hybridized carbons (Fsp3) is 0.917. The Kier molecular flexibility index (Phi) is 2.67. The normalized spacial score (nSPS) is 46.1. The summed E-state index contributed by atoms with van der Waals surface area (Å²) < 4.78 is 0. The number of thioether (sulfide) groups is 1. The maximum Gasteiger partial charge on any atom is 0.171 e. The zero-order valence-corrected chi connectivity index (χ0v) is 10.7. The van der Waals surface area contributed by atoms with Crippen LogP contribution in [-0.4, -0.2) is 17.0 Å². The van der Waals surface area contributed by atoms with Crippen molar-refractivity contribution in [1.29, 1.82) is 0 Å². The van der Waals surface area contributed by atoms with Crippen molar-refractivity contribution >= 4 is 16.9 Å². The summed E-state index contributed by atoms with van der Waals surface area (Å²) in [6, 6.07) is 0. The van der Waals surface area contributed by atoms with E-state index in [1.165, 1.54) is 38.5 Å². The van der Waals surface area contributed by atoms with Gasteiger partial charge in [0.05, 0.1) is 5.54 Å². The number of amidine groups is 1. The molecular weight excluding hydrogens is 218 g/mol. The van der Waals surface area contributed by atoms with Crippen molar-refractivity contribution < 1.29 is 0 Å². The third kappa shape index (κ3) is 1.76. The quantitative estimate of drug-likeness (QED) is 0.319. The largest absolute Gasteiger partial charge is 0.303 e. The van der Waals surface area contributed by atoms with Gasteiger partial charge >= 0.3 is 0 Å². The van der Waals surface area contributed by atoms with Gasteiger partial charge in [-0.3, -0.25) is 4.99 Å². The number of nitrogens with two attached hydrogens (primary N) is 1. The van der Waals surface area contributed by atoms with E-state index in [1.807, 2.05) is 6.26 Å². The minimum absolute atomic E-state index is 0.249. The van der Waals surface area contributed by atoms with Crippen molar-refractivity contribution in [2.75, 3.05) is 6.26 Å². The number of nitrogens with one attached hydrogen (secondary N) is 1. The zero-order valence-electron chi connectivity index (χ0n) is 9.91. The third-order valence-corrected chi connectivity index (χ3v) is 5.26. The molecule has 4 saturated carbocycles. The lowest BCUT2D eigenvalue weighted by molar-refractivity contribution is 0.00170. The van der Waals surface area contributed by atoms with E-state index < -0.39 is 0 Å². The highest BCUT2D eigenvalue weighted by molar-refractivity contribution is 8.13. The summed E-state index contributed by atoms with van der Waals surface area (Å²) in [5, 5.41) is 0.918. The van der Waals surface area contributed by atoms with Crippen LogP contribution in [0, 0.1) is 17.8 Å². The van der Waals surface area contributed by atoms with E-state index in [2.05, 4.69) is 5.43 Å². The van der Waals surface area contributed by atoms with Crippen LogP contribution in [0.15, 0.2) is 4.99 Å². The zero-order chi connectivity index (χ0) is 11.2. The lowest BCUT2D eigenvalue weighted by atomic mass is 9.53. The molecule has 16 heavy (non-hydrogen) atoms. The molecular formula is C12H21N3S. The predicted octanol–water partition coefficient (Wildman–Crippen LogP) is 2.14. The number of hydrogen-bond donors (Lipinski definition) is 2. The van der Waals surface area contributed by atoms with Crippen molar-refractivity contribution in [2.45, 2.75) is 44.1 Å². The molecule has 90 valence electrons. The Morgan fingerprint density at radius 2 is 1.69 bits per heavy atom. The molecule has 3 nitrogen and oxygen atoms in total. The van der Waals surface area contributed by atoms with Crippen LogP contribution in [0.3, 0.4) is 0 Å². The van der Waals surface area contributed by atoms with Crippen molar-refractivity contribution in [3.8, 4) is 0 Å². The fourth-order valence-corrected chi connectivity index (χ4v) is 4.96. The summed E-state index contributed by atoms with van der Waals surface area (Å²) in [5.41, 5.74) is 2.99. The molecule has 4 rings (SSSR count). The minimum atomic E-state index is 0.249. The summed E-state index contributed by atoms with van der Waals surface area (Å²) >= 11 is 1.63. The summed E-state index contributed by atoms with van der Waals surface area (Å²) in [6.45, 7) is 0. The average molecular weight is 239 g/mol. The first-order valence-corrected chi connectivity index (χ1v) is 7.56. The predicted molar refractivity (Wildman–Crippen MR) is 69.2 cm³/mol. The molecule has 4 fully saturated rings. The second kappa shape index (κ2) is 3.91. The van der Waals surface area contributed by atoms with Crippen LogP contribution >= 0.6 is 11.8 Å². The Morgan fingerprint density at radius 3 is 2.06 bits per heavy atom. The van der Waals surface area contributed by atoms with Crippen LogP contribution in [0.1, 0.15) is 38.5 Å². The highest BCUT2D eigenvalue weighted by Gasteiger charge is 2.51. The molecule has 0 aliphatic heterocycles. The van der Waals surface area contributed by atoms with Crippen LogP contribution in [0.25, 0.3) is 0 Å². The second-order valence-electron chi connectivity index (χ2n) is 5.91. The van der Waals surface area contributed by atoms with E-state index in [0.717, 1.165) is 22.9 Å². The summed E-state index contributed by atoms with van der Waals surface area (Å²) in [7, 11) is 0. The van der Waals surface area contributed by atoms with Gasteiger partial charge in [0.1, 0.15) is 0 Å². The molecule has 0 amide bonds. The van der Waals surface area contributed by atoms with Gasteiger partial charge in [-0.2, -0.15) is 0 Å². The molecule has 0 aromatic rings. The Morgan fingerprint density at radius 1 is 1.19 bits per heavy atom. The van der Waals surface area contributed by atoms with Crippen LogP contribution in [0.5, 0.6) is 0 Å².